The van der Waals surface area contributed by atoms with Gasteiger partial charge in [-0.05, 0) is 39.7 Å². The quantitative estimate of drug-likeness (QED) is 0.389. The first kappa shape index (κ1) is 18.4. The smallest absolute Gasteiger partial charge is 0.191 e. The number of halogens is 3. The minimum absolute atomic E-state index is 0. The molecule has 2 aromatic rings. The van der Waals surface area contributed by atoms with E-state index in [9.17, 15) is 4.39 Å². The van der Waals surface area contributed by atoms with Crippen molar-refractivity contribution >= 4 is 57.2 Å². The van der Waals surface area contributed by atoms with E-state index in [4.69, 9.17) is 0 Å². The van der Waals surface area contributed by atoms with E-state index in [-0.39, 0.29) is 29.8 Å². The molecule has 0 aliphatic heterocycles. The van der Waals surface area contributed by atoms with Gasteiger partial charge in [0.15, 0.2) is 5.96 Å². The number of aliphatic imine (C=N–C) groups is 1. The molecule has 2 rings (SSSR count). The lowest BCUT2D eigenvalue weighted by molar-refractivity contribution is 0.624. The van der Waals surface area contributed by atoms with Gasteiger partial charge in [0.05, 0.1) is 6.54 Å². The molecule has 114 valence electrons. The number of guanidine groups is 1. The molecule has 21 heavy (non-hydrogen) atoms. The maximum atomic E-state index is 13.1. The Kier molecular flexibility index (Phi) is 8.20. The highest BCUT2D eigenvalue weighted by atomic mass is 127. The number of nitrogens with one attached hydrogen (secondary N) is 2. The Morgan fingerprint density at radius 1 is 1.29 bits per heavy atom. The SMILES string of the molecule is CN=C(NCc1cccc(F)c1)NCc1cc(Br)cs1.I. The summed E-state index contributed by atoms with van der Waals surface area (Å²) in [5.41, 5.74) is 0.881. The third-order valence-electron chi connectivity index (χ3n) is 2.62. The van der Waals surface area contributed by atoms with Gasteiger partial charge in [0.25, 0.3) is 0 Å². The molecule has 0 amide bonds. The lowest BCUT2D eigenvalue weighted by Crippen LogP contribution is -2.36. The van der Waals surface area contributed by atoms with Crippen LogP contribution in [0.1, 0.15) is 10.4 Å². The normalized spacial score (nSPS) is 10.9. The molecule has 0 saturated heterocycles. The topological polar surface area (TPSA) is 36.4 Å². The van der Waals surface area contributed by atoms with E-state index in [0.29, 0.717) is 19.0 Å². The Bertz CT molecular complexity index is 603. The summed E-state index contributed by atoms with van der Waals surface area (Å²) in [5.74, 6) is 0.467. The minimum Gasteiger partial charge on any atom is -0.352 e. The van der Waals surface area contributed by atoms with Crippen LogP contribution in [-0.2, 0) is 13.1 Å². The van der Waals surface area contributed by atoms with Crippen molar-refractivity contribution in [1.29, 1.82) is 0 Å². The molecule has 2 N–H and O–H groups in total. The summed E-state index contributed by atoms with van der Waals surface area (Å²) in [6.45, 7) is 1.24. The second-order valence-electron chi connectivity index (χ2n) is 4.14. The summed E-state index contributed by atoms with van der Waals surface area (Å²) in [7, 11) is 1.71. The van der Waals surface area contributed by atoms with Crippen LogP contribution in [0, 0.1) is 5.82 Å². The highest BCUT2D eigenvalue weighted by Gasteiger charge is 2.01. The molecule has 0 spiro atoms. The molecule has 0 atom stereocenters. The first-order valence-electron chi connectivity index (χ1n) is 6.09. The van der Waals surface area contributed by atoms with Crippen molar-refractivity contribution in [2.75, 3.05) is 7.05 Å². The summed E-state index contributed by atoms with van der Waals surface area (Å²) < 4.78 is 14.2. The van der Waals surface area contributed by atoms with Gasteiger partial charge in [-0.25, -0.2) is 4.39 Å². The molecule has 0 fully saturated rings. The Morgan fingerprint density at radius 3 is 2.67 bits per heavy atom. The van der Waals surface area contributed by atoms with Crippen molar-refractivity contribution in [1.82, 2.24) is 10.6 Å². The molecule has 1 aromatic carbocycles. The summed E-state index contributed by atoms with van der Waals surface area (Å²) in [4.78, 5) is 5.35. The van der Waals surface area contributed by atoms with Gasteiger partial charge in [-0.2, -0.15) is 0 Å². The van der Waals surface area contributed by atoms with E-state index < -0.39 is 0 Å². The van der Waals surface area contributed by atoms with E-state index >= 15 is 0 Å². The van der Waals surface area contributed by atoms with Crippen molar-refractivity contribution in [2.24, 2.45) is 4.99 Å². The molecule has 3 nitrogen and oxygen atoms in total. The van der Waals surface area contributed by atoms with Gasteiger partial charge in [-0.3, -0.25) is 4.99 Å². The van der Waals surface area contributed by atoms with E-state index in [0.717, 1.165) is 10.0 Å². The average molecular weight is 484 g/mol. The lowest BCUT2D eigenvalue weighted by Gasteiger charge is -2.11. The fourth-order valence-electron chi connectivity index (χ4n) is 1.67. The van der Waals surface area contributed by atoms with Crippen LogP contribution in [0.25, 0.3) is 0 Å². The van der Waals surface area contributed by atoms with Gasteiger partial charge >= 0.3 is 0 Å². The van der Waals surface area contributed by atoms with Gasteiger partial charge in [0.2, 0.25) is 0 Å². The molecule has 0 radical (unpaired) electrons. The first-order valence-corrected chi connectivity index (χ1v) is 7.76. The molecule has 1 aromatic heterocycles. The zero-order chi connectivity index (χ0) is 14.4. The fourth-order valence-corrected chi connectivity index (χ4v) is 3.06. The Balaban J connectivity index is 0.00000220. The maximum absolute atomic E-state index is 13.1. The summed E-state index contributed by atoms with van der Waals surface area (Å²) >= 11 is 5.10. The Hall–Kier alpha value is -0.670. The second kappa shape index (κ2) is 9.37. The number of hydrogen-bond acceptors (Lipinski definition) is 2. The molecular formula is C14H16BrFIN3S. The number of benzene rings is 1. The zero-order valence-electron chi connectivity index (χ0n) is 11.4. The van der Waals surface area contributed by atoms with E-state index in [1.54, 1.807) is 24.5 Å². The maximum Gasteiger partial charge on any atom is 0.191 e. The molecule has 1 heterocycles. The van der Waals surface area contributed by atoms with Gasteiger partial charge in [-0.1, -0.05) is 12.1 Å². The van der Waals surface area contributed by atoms with Gasteiger partial charge in [0, 0.05) is 28.3 Å². The summed E-state index contributed by atoms with van der Waals surface area (Å²) in [5, 5.41) is 8.42. The third-order valence-corrected chi connectivity index (χ3v) is 4.32. The molecular weight excluding hydrogens is 468 g/mol. The summed E-state index contributed by atoms with van der Waals surface area (Å²) in [6.07, 6.45) is 0. The van der Waals surface area contributed by atoms with E-state index in [2.05, 4.69) is 37.6 Å². The predicted octanol–water partition coefficient (Wildman–Crippen LogP) is 4.13. The standard InChI is InChI=1S/C14H15BrFN3S.HI/c1-17-14(19-8-13-6-11(15)9-20-13)18-7-10-3-2-4-12(16)5-10;/h2-6,9H,7-8H2,1H3,(H2,17,18,19);1H. The van der Waals surface area contributed by atoms with Crippen LogP contribution < -0.4 is 10.6 Å². The van der Waals surface area contributed by atoms with Crippen LogP contribution in [0.3, 0.4) is 0 Å². The first-order chi connectivity index (χ1) is 9.67. The Labute approximate surface area is 153 Å². The minimum atomic E-state index is -0.226. The Morgan fingerprint density at radius 2 is 2.05 bits per heavy atom. The molecule has 0 aliphatic carbocycles. The lowest BCUT2D eigenvalue weighted by atomic mass is 10.2. The van der Waals surface area contributed by atoms with Crippen LogP contribution in [0.2, 0.25) is 0 Å². The van der Waals surface area contributed by atoms with Crippen molar-refractivity contribution in [3.8, 4) is 0 Å². The van der Waals surface area contributed by atoms with Gasteiger partial charge < -0.3 is 10.6 Å². The molecule has 7 heteroatoms. The van der Waals surface area contributed by atoms with Crippen LogP contribution >= 0.6 is 51.2 Å². The van der Waals surface area contributed by atoms with Crippen molar-refractivity contribution in [3.05, 3.63) is 56.4 Å². The average Bonchev–Trinajstić information content (AvgIpc) is 2.85. The highest BCUT2D eigenvalue weighted by molar-refractivity contribution is 14.0. The second-order valence-corrected chi connectivity index (χ2v) is 6.05. The van der Waals surface area contributed by atoms with Crippen LogP contribution in [0.5, 0.6) is 0 Å². The number of thiophene rings is 1. The number of nitrogens with zero attached hydrogens (tertiary/aromatic N) is 1. The van der Waals surface area contributed by atoms with Crippen LogP contribution in [0.15, 0.2) is 45.2 Å². The monoisotopic (exact) mass is 483 g/mol. The zero-order valence-corrected chi connectivity index (χ0v) is 16.1. The highest BCUT2D eigenvalue weighted by Crippen LogP contribution is 2.19. The number of rotatable bonds is 4. The molecule has 0 bridgehead atoms. The van der Waals surface area contributed by atoms with Crippen molar-refractivity contribution < 1.29 is 4.39 Å². The third kappa shape index (κ3) is 6.31. The van der Waals surface area contributed by atoms with Crippen molar-refractivity contribution in [2.45, 2.75) is 13.1 Å². The molecule has 0 saturated carbocycles. The summed E-state index contributed by atoms with van der Waals surface area (Å²) in [6, 6.07) is 8.59. The largest absolute Gasteiger partial charge is 0.352 e. The van der Waals surface area contributed by atoms with E-state index in [1.807, 2.05) is 11.4 Å². The van der Waals surface area contributed by atoms with Crippen molar-refractivity contribution in [3.63, 3.8) is 0 Å². The van der Waals surface area contributed by atoms with Crippen LogP contribution in [0.4, 0.5) is 4.39 Å². The van der Waals surface area contributed by atoms with Gasteiger partial charge in [-0.15, -0.1) is 35.3 Å². The molecule has 0 unspecified atom stereocenters. The van der Waals surface area contributed by atoms with Crippen LogP contribution in [-0.4, -0.2) is 13.0 Å². The fraction of sp³-hybridized carbons (Fsp3) is 0.214. The molecule has 0 aliphatic rings. The number of hydrogen-bond donors (Lipinski definition) is 2. The van der Waals surface area contributed by atoms with Gasteiger partial charge in [0.1, 0.15) is 5.82 Å². The predicted molar refractivity (Wildman–Crippen MR) is 101 cm³/mol. The van der Waals surface area contributed by atoms with E-state index in [1.165, 1.54) is 17.0 Å².